The minimum atomic E-state index is -3.41. The zero-order chi connectivity index (χ0) is 23.8. The number of rotatable bonds is 6. The van der Waals surface area contributed by atoms with E-state index < -0.39 is 15.8 Å². The molecule has 0 spiro atoms. The van der Waals surface area contributed by atoms with Gasteiger partial charge in [-0.05, 0) is 53.9 Å². The van der Waals surface area contributed by atoms with E-state index in [0.29, 0.717) is 32.8 Å². The Morgan fingerprint density at radius 1 is 0.970 bits per heavy atom. The number of ether oxygens (including phenoxy) is 1. The summed E-state index contributed by atoms with van der Waals surface area (Å²) in [5.41, 5.74) is 0.805. The zero-order valence-electron chi connectivity index (χ0n) is 16.9. The highest BCUT2D eigenvalue weighted by molar-refractivity contribution is 7.92. The van der Waals surface area contributed by atoms with Crippen LogP contribution in [0.5, 0.6) is 11.5 Å². The number of hydrogen-bond acceptors (Lipinski definition) is 5. The quantitative estimate of drug-likeness (QED) is 0.291. The Balaban J connectivity index is 1.54. The highest BCUT2D eigenvalue weighted by atomic mass is 35.5. The maximum atomic E-state index is 13.4. The number of benzene rings is 3. The fourth-order valence-corrected chi connectivity index (χ4v) is 4.88. The Bertz CT molecular complexity index is 1490. The lowest BCUT2D eigenvalue weighted by Gasteiger charge is -2.10. The van der Waals surface area contributed by atoms with E-state index >= 15 is 0 Å². The monoisotopic (exact) mass is 524 g/mol. The molecular weight excluding hydrogens is 510 g/mol. The Hall–Kier alpha value is -2.85. The van der Waals surface area contributed by atoms with Gasteiger partial charge in [-0.2, -0.15) is 0 Å². The predicted octanol–water partition coefficient (Wildman–Crippen LogP) is 6.76. The van der Waals surface area contributed by atoms with Crippen molar-refractivity contribution in [2.75, 3.05) is 16.3 Å². The molecule has 0 atom stereocenters. The highest BCUT2D eigenvalue weighted by Crippen LogP contribution is 2.32. The number of thiophene rings is 1. The summed E-state index contributed by atoms with van der Waals surface area (Å²) < 4.78 is 45.1. The average molecular weight is 525 g/mol. The van der Waals surface area contributed by atoms with Gasteiger partial charge in [0.1, 0.15) is 17.3 Å². The van der Waals surface area contributed by atoms with Crippen LogP contribution in [0.15, 0.2) is 60.7 Å². The third kappa shape index (κ3) is 5.94. The van der Waals surface area contributed by atoms with Crippen LogP contribution >= 0.6 is 34.5 Å². The normalized spacial score (nSPS) is 11.4. The van der Waals surface area contributed by atoms with Gasteiger partial charge < -0.3 is 10.1 Å². The lowest BCUT2D eigenvalue weighted by molar-refractivity contribution is 0.103. The van der Waals surface area contributed by atoms with Crippen LogP contribution in [0, 0.1) is 5.82 Å². The number of sulfonamides is 1. The van der Waals surface area contributed by atoms with E-state index in [4.69, 9.17) is 27.9 Å². The number of fused-ring (bicyclic) bond motifs is 1. The molecule has 170 valence electrons. The second-order valence-electron chi connectivity index (χ2n) is 7.05. The molecule has 4 aromatic rings. The van der Waals surface area contributed by atoms with Crippen molar-refractivity contribution in [1.82, 2.24) is 0 Å². The van der Waals surface area contributed by atoms with Gasteiger partial charge in [0.25, 0.3) is 5.91 Å². The SMILES string of the molecule is CS(=O)(=O)Nc1ccc2sc(C(=O)Nc3cc(Cl)cc(Oc4ccc(F)c(Cl)c4)c3)cc2c1. The Morgan fingerprint density at radius 2 is 1.76 bits per heavy atom. The first-order valence-corrected chi connectivity index (χ1v) is 12.8. The van der Waals surface area contributed by atoms with Gasteiger partial charge in [-0.25, -0.2) is 12.8 Å². The zero-order valence-corrected chi connectivity index (χ0v) is 20.0. The van der Waals surface area contributed by atoms with Crippen molar-refractivity contribution < 1.29 is 22.3 Å². The first-order valence-electron chi connectivity index (χ1n) is 9.32. The molecule has 11 heteroatoms. The van der Waals surface area contributed by atoms with Crippen LogP contribution in [0.2, 0.25) is 10.0 Å². The molecular formula is C22H15Cl2FN2O4S2. The Kier molecular flexibility index (Phi) is 6.49. The van der Waals surface area contributed by atoms with Crippen LogP contribution in [0.3, 0.4) is 0 Å². The van der Waals surface area contributed by atoms with Gasteiger partial charge >= 0.3 is 0 Å². The third-order valence-electron chi connectivity index (χ3n) is 4.30. The van der Waals surface area contributed by atoms with E-state index in [1.54, 1.807) is 42.5 Å². The number of carbonyl (C=O) groups excluding carboxylic acids is 1. The number of nitrogens with one attached hydrogen (secondary N) is 2. The molecule has 2 N–H and O–H groups in total. The standard InChI is InChI=1S/C22H15Cl2FN2O4S2/c1-33(29,30)27-14-2-5-20-12(6-14)7-21(32-20)22(28)26-15-8-13(23)9-17(10-15)31-16-3-4-19(25)18(24)11-16/h2-11,27H,1H3,(H,26,28). The minimum Gasteiger partial charge on any atom is -0.457 e. The summed E-state index contributed by atoms with van der Waals surface area (Å²) in [5, 5.41) is 3.74. The molecule has 6 nitrogen and oxygen atoms in total. The molecule has 1 aromatic heterocycles. The Morgan fingerprint density at radius 3 is 2.48 bits per heavy atom. The first kappa shape index (κ1) is 23.3. The van der Waals surface area contributed by atoms with Gasteiger partial charge in [0.2, 0.25) is 10.0 Å². The number of carbonyl (C=O) groups is 1. The summed E-state index contributed by atoms with van der Waals surface area (Å²) in [7, 11) is -3.41. The molecule has 0 aliphatic heterocycles. The van der Waals surface area contributed by atoms with Gasteiger partial charge in [-0.15, -0.1) is 11.3 Å². The van der Waals surface area contributed by atoms with Crippen molar-refractivity contribution in [2.24, 2.45) is 0 Å². The van der Waals surface area contributed by atoms with Crippen LogP contribution in [0.4, 0.5) is 15.8 Å². The topological polar surface area (TPSA) is 84.5 Å². The molecule has 33 heavy (non-hydrogen) atoms. The molecule has 0 saturated heterocycles. The number of hydrogen-bond donors (Lipinski definition) is 2. The van der Waals surface area contributed by atoms with Crippen LogP contribution in [0.1, 0.15) is 9.67 Å². The molecule has 3 aromatic carbocycles. The molecule has 1 heterocycles. The van der Waals surface area contributed by atoms with Gasteiger partial charge in [0.15, 0.2) is 0 Å². The average Bonchev–Trinajstić information content (AvgIpc) is 3.13. The summed E-state index contributed by atoms with van der Waals surface area (Å²) >= 11 is 13.2. The number of anilines is 2. The second-order valence-corrected chi connectivity index (χ2v) is 10.7. The van der Waals surface area contributed by atoms with Gasteiger partial charge in [-0.3, -0.25) is 9.52 Å². The van der Waals surface area contributed by atoms with Crippen molar-refractivity contribution in [2.45, 2.75) is 0 Å². The van der Waals surface area contributed by atoms with Crippen molar-refractivity contribution in [3.05, 3.63) is 81.4 Å². The van der Waals surface area contributed by atoms with Gasteiger partial charge in [0.05, 0.1) is 16.2 Å². The van der Waals surface area contributed by atoms with E-state index in [-0.39, 0.29) is 10.9 Å². The molecule has 0 aliphatic rings. The molecule has 0 aliphatic carbocycles. The minimum absolute atomic E-state index is 0.0808. The lowest BCUT2D eigenvalue weighted by Crippen LogP contribution is -2.10. The van der Waals surface area contributed by atoms with Crippen molar-refractivity contribution in [1.29, 1.82) is 0 Å². The van der Waals surface area contributed by atoms with E-state index in [1.807, 2.05) is 0 Å². The highest BCUT2D eigenvalue weighted by Gasteiger charge is 2.13. The van der Waals surface area contributed by atoms with Gasteiger partial charge in [-0.1, -0.05) is 23.2 Å². The largest absolute Gasteiger partial charge is 0.457 e. The lowest BCUT2D eigenvalue weighted by atomic mass is 10.2. The van der Waals surface area contributed by atoms with Crippen LogP contribution in [0.25, 0.3) is 10.1 Å². The first-order chi connectivity index (χ1) is 15.6. The predicted molar refractivity (Wildman–Crippen MR) is 131 cm³/mol. The Labute approximate surface area is 203 Å². The van der Waals surface area contributed by atoms with Crippen LogP contribution < -0.4 is 14.8 Å². The van der Waals surface area contributed by atoms with E-state index in [0.717, 1.165) is 16.3 Å². The van der Waals surface area contributed by atoms with Crippen LogP contribution in [-0.2, 0) is 10.0 Å². The maximum absolute atomic E-state index is 13.4. The van der Waals surface area contributed by atoms with E-state index in [9.17, 15) is 17.6 Å². The van der Waals surface area contributed by atoms with E-state index in [1.165, 1.54) is 29.5 Å². The summed E-state index contributed by atoms with van der Waals surface area (Å²) in [6, 6.07) is 15.3. The van der Waals surface area contributed by atoms with Crippen molar-refractivity contribution in [3.8, 4) is 11.5 Å². The summed E-state index contributed by atoms with van der Waals surface area (Å²) in [4.78, 5) is 13.2. The third-order valence-corrected chi connectivity index (χ3v) is 6.53. The fraction of sp³-hybridized carbons (Fsp3) is 0.0455. The van der Waals surface area contributed by atoms with Gasteiger partial charge in [0, 0.05) is 33.2 Å². The molecule has 0 unspecified atom stereocenters. The molecule has 0 radical (unpaired) electrons. The smallest absolute Gasteiger partial charge is 0.265 e. The molecule has 0 saturated carbocycles. The van der Waals surface area contributed by atoms with Crippen molar-refractivity contribution >= 4 is 71.9 Å². The number of halogens is 3. The molecule has 0 bridgehead atoms. The molecule has 1 amide bonds. The molecule has 4 rings (SSSR count). The van der Waals surface area contributed by atoms with E-state index in [2.05, 4.69) is 10.0 Å². The summed E-state index contributed by atoms with van der Waals surface area (Å²) in [6.07, 6.45) is 1.07. The van der Waals surface area contributed by atoms with Crippen molar-refractivity contribution in [3.63, 3.8) is 0 Å². The summed E-state index contributed by atoms with van der Waals surface area (Å²) in [6.45, 7) is 0. The number of amides is 1. The fourth-order valence-electron chi connectivity index (χ4n) is 3.00. The molecule has 0 fully saturated rings. The van der Waals surface area contributed by atoms with Crippen LogP contribution in [-0.4, -0.2) is 20.6 Å². The second kappa shape index (κ2) is 9.18. The maximum Gasteiger partial charge on any atom is 0.265 e. The summed E-state index contributed by atoms with van der Waals surface area (Å²) in [5.74, 6) is -0.297.